The zero-order chi connectivity index (χ0) is 9.78. The molecule has 12 heavy (non-hydrogen) atoms. The minimum Gasteiger partial charge on any atom is -0.379 e. The van der Waals surface area contributed by atoms with Gasteiger partial charge >= 0.3 is 0 Å². The molecule has 6 heteroatoms. The highest BCUT2D eigenvalue weighted by molar-refractivity contribution is 7.86. The van der Waals surface area contributed by atoms with Crippen LogP contribution in [0.5, 0.6) is 0 Å². The van der Waals surface area contributed by atoms with E-state index in [4.69, 9.17) is 15.4 Å². The molecule has 0 saturated heterocycles. The third kappa shape index (κ3) is 4.66. The van der Waals surface area contributed by atoms with Crippen molar-refractivity contribution in [3.05, 3.63) is 0 Å². The van der Waals surface area contributed by atoms with Crippen molar-refractivity contribution in [1.29, 1.82) is 0 Å². The summed E-state index contributed by atoms with van der Waals surface area (Å²) < 4.78 is 30.0. The van der Waals surface area contributed by atoms with Gasteiger partial charge in [-0.1, -0.05) is 13.3 Å². The molecule has 0 aromatic carbocycles. The largest absolute Gasteiger partial charge is 0.379 e. The molecule has 0 saturated carbocycles. The minimum absolute atomic E-state index is 0.118. The van der Waals surface area contributed by atoms with Gasteiger partial charge in [0.25, 0.3) is 10.1 Å². The fourth-order valence-corrected chi connectivity index (χ4v) is 1.95. The molecule has 4 N–H and O–H groups in total. The van der Waals surface area contributed by atoms with Crippen molar-refractivity contribution in [3.8, 4) is 0 Å². The van der Waals surface area contributed by atoms with E-state index in [0.717, 1.165) is 0 Å². The molecule has 2 atom stereocenters. The monoisotopic (exact) mass is 197 g/mol. The lowest BCUT2D eigenvalue weighted by Gasteiger charge is -2.13. The zero-order valence-corrected chi connectivity index (χ0v) is 7.79. The van der Waals surface area contributed by atoms with Gasteiger partial charge in [0.1, 0.15) is 6.23 Å². The summed E-state index contributed by atoms with van der Waals surface area (Å²) in [6.07, 6.45) is -0.375. The number of nitrogens with two attached hydrogens (primary N) is 1. The smallest absolute Gasteiger partial charge is 0.267 e. The molecule has 2 unspecified atom stereocenters. The van der Waals surface area contributed by atoms with Gasteiger partial charge in [-0.05, 0) is 6.42 Å². The van der Waals surface area contributed by atoms with E-state index in [9.17, 15) is 8.42 Å². The lowest BCUT2D eigenvalue weighted by Crippen LogP contribution is -2.30. The Kier molecular flexibility index (Phi) is 4.69. The Bertz CT molecular complexity index is 212. The molecule has 0 aliphatic rings. The van der Waals surface area contributed by atoms with Crippen LogP contribution in [0.25, 0.3) is 0 Å². The first-order chi connectivity index (χ1) is 5.38. The van der Waals surface area contributed by atoms with Gasteiger partial charge in [-0.15, -0.1) is 0 Å². The summed E-state index contributed by atoms with van der Waals surface area (Å²) in [6, 6.07) is 0. The molecule has 0 radical (unpaired) electrons. The van der Waals surface area contributed by atoms with Crippen LogP contribution >= 0.6 is 0 Å². The third-order valence-electron chi connectivity index (χ3n) is 1.54. The lowest BCUT2D eigenvalue weighted by molar-refractivity contribution is 0.167. The summed E-state index contributed by atoms with van der Waals surface area (Å²) in [7, 11) is -4.06. The topological polar surface area (TPSA) is 101 Å². The molecule has 0 rings (SSSR count). The van der Waals surface area contributed by atoms with Crippen LogP contribution in [0.15, 0.2) is 0 Å². The first-order valence-electron chi connectivity index (χ1n) is 3.77. The van der Waals surface area contributed by atoms with Gasteiger partial charge in [0, 0.05) is 6.42 Å². The molecule has 0 aromatic heterocycles. The van der Waals surface area contributed by atoms with Crippen LogP contribution in [0.4, 0.5) is 0 Å². The number of hydrogen-bond acceptors (Lipinski definition) is 4. The normalized spacial score (nSPS) is 17.3. The lowest BCUT2D eigenvalue weighted by atomic mass is 10.2. The second-order valence-electron chi connectivity index (χ2n) is 2.73. The maximum absolute atomic E-state index is 10.6. The maximum Gasteiger partial charge on any atom is 0.267 e. The standard InChI is InChI=1S/C6H15NO4S/c1-2-3-5(4-6(7)8)12(9,10)11/h5-6,8H,2-4,7H2,1H3,(H,9,10,11). The SMILES string of the molecule is CCCC(CC(N)O)S(=O)(=O)O. The number of hydrogen-bond donors (Lipinski definition) is 3. The Labute approximate surface area is 72.3 Å². The third-order valence-corrected chi connectivity index (χ3v) is 2.81. The summed E-state index contributed by atoms with van der Waals surface area (Å²) in [5.74, 6) is 0. The van der Waals surface area contributed by atoms with Crippen LogP contribution in [0, 0.1) is 0 Å². The number of aliphatic hydroxyl groups excluding tert-OH is 1. The molecule has 0 aromatic rings. The fourth-order valence-electron chi connectivity index (χ4n) is 0.980. The second kappa shape index (κ2) is 4.76. The summed E-state index contributed by atoms with van der Waals surface area (Å²) in [5, 5.41) is 7.77. The van der Waals surface area contributed by atoms with E-state index < -0.39 is 21.6 Å². The van der Waals surface area contributed by atoms with E-state index in [1.165, 1.54) is 0 Å². The van der Waals surface area contributed by atoms with Gasteiger partial charge < -0.3 is 10.8 Å². The summed E-state index contributed by atoms with van der Waals surface area (Å²) in [5.41, 5.74) is 5.00. The average Bonchev–Trinajstić information content (AvgIpc) is 1.83. The van der Waals surface area contributed by atoms with Crippen LogP contribution in [0.2, 0.25) is 0 Å². The van der Waals surface area contributed by atoms with Gasteiger partial charge in [0.2, 0.25) is 0 Å². The molecule has 0 aliphatic heterocycles. The van der Waals surface area contributed by atoms with Crippen LogP contribution in [0.1, 0.15) is 26.2 Å². The predicted molar refractivity (Wildman–Crippen MR) is 45.1 cm³/mol. The van der Waals surface area contributed by atoms with Crippen LogP contribution in [-0.2, 0) is 10.1 Å². The first kappa shape index (κ1) is 11.8. The summed E-state index contributed by atoms with van der Waals surface area (Å²) in [6.45, 7) is 1.79. The van der Waals surface area contributed by atoms with Crippen molar-refractivity contribution in [2.45, 2.75) is 37.7 Å². The Morgan fingerprint density at radius 3 is 2.25 bits per heavy atom. The van der Waals surface area contributed by atoms with Crippen molar-refractivity contribution in [2.24, 2.45) is 5.73 Å². The molecular formula is C6H15NO4S. The van der Waals surface area contributed by atoms with E-state index in [-0.39, 0.29) is 6.42 Å². The van der Waals surface area contributed by atoms with E-state index in [2.05, 4.69) is 0 Å². The predicted octanol–water partition coefficient (Wildman–Crippen LogP) is -0.290. The Morgan fingerprint density at radius 1 is 1.50 bits per heavy atom. The quantitative estimate of drug-likeness (QED) is 0.415. The molecule has 0 fully saturated rings. The van der Waals surface area contributed by atoms with Crippen LogP contribution in [0.3, 0.4) is 0 Å². The van der Waals surface area contributed by atoms with Crippen molar-refractivity contribution < 1.29 is 18.1 Å². The van der Waals surface area contributed by atoms with Crippen molar-refractivity contribution >= 4 is 10.1 Å². The Morgan fingerprint density at radius 2 is 2.00 bits per heavy atom. The highest BCUT2D eigenvalue weighted by Crippen LogP contribution is 2.11. The van der Waals surface area contributed by atoms with E-state index in [0.29, 0.717) is 12.8 Å². The summed E-state index contributed by atoms with van der Waals surface area (Å²) in [4.78, 5) is 0. The van der Waals surface area contributed by atoms with Gasteiger partial charge in [-0.2, -0.15) is 8.42 Å². The molecule has 0 bridgehead atoms. The summed E-state index contributed by atoms with van der Waals surface area (Å²) >= 11 is 0. The molecule has 5 nitrogen and oxygen atoms in total. The van der Waals surface area contributed by atoms with Gasteiger partial charge in [0.05, 0.1) is 5.25 Å². The number of aliphatic hydroxyl groups is 1. The van der Waals surface area contributed by atoms with Crippen molar-refractivity contribution in [2.75, 3.05) is 0 Å². The highest BCUT2D eigenvalue weighted by Gasteiger charge is 2.23. The highest BCUT2D eigenvalue weighted by atomic mass is 32.2. The molecule has 0 amide bonds. The molecule has 0 aliphatic carbocycles. The molecule has 74 valence electrons. The van der Waals surface area contributed by atoms with Crippen molar-refractivity contribution in [3.63, 3.8) is 0 Å². The van der Waals surface area contributed by atoms with Gasteiger partial charge in [-0.25, -0.2) is 0 Å². The number of rotatable bonds is 5. The van der Waals surface area contributed by atoms with Crippen LogP contribution in [-0.4, -0.2) is 29.6 Å². The Hall–Kier alpha value is -0.170. The molecule has 0 heterocycles. The Balaban J connectivity index is 4.24. The van der Waals surface area contributed by atoms with Crippen molar-refractivity contribution in [1.82, 2.24) is 0 Å². The van der Waals surface area contributed by atoms with E-state index in [1.54, 1.807) is 6.92 Å². The maximum atomic E-state index is 10.6. The van der Waals surface area contributed by atoms with Gasteiger partial charge in [-0.3, -0.25) is 4.55 Å². The second-order valence-corrected chi connectivity index (χ2v) is 4.43. The zero-order valence-electron chi connectivity index (χ0n) is 6.97. The molecule has 0 spiro atoms. The fraction of sp³-hybridized carbons (Fsp3) is 1.00. The molecular weight excluding hydrogens is 182 g/mol. The average molecular weight is 197 g/mol. The first-order valence-corrected chi connectivity index (χ1v) is 5.28. The van der Waals surface area contributed by atoms with Crippen LogP contribution < -0.4 is 5.73 Å². The minimum atomic E-state index is -4.06. The van der Waals surface area contributed by atoms with E-state index >= 15 is 0 Å². The van der Waals surface area contributed by atoms with E-state index in [1.807, 2.05) is 0 Å². The van der Waals surface area contributed by atoms with Gasteiger partial charge in [0.15, 0.2) is 0 Å².